The first kappa shape index (κ1) is 14.6. The van der Waals surface area contributed by atoms with Gasteiger partial charge >= 0.3 is 5.97 Å². The summed E-state index contributed by atoms with van der Waals surface area (Å²) < 4.78 is 5.34. The molecule has 1 unspecified atom stereocenters. The van der Waals surface area contributed by atoms with Crippen LogP contribution in [0.1, 0.15) is 34.6 Å². The van der Waals surface area contributed by atoms with E-state index < -0.39 is 0 Å². The molecule has 0 aliphatic heterocycles. The number of carbonyl (C=O) groups is 1. The average Bonchev–Trinajstić information content (AvgIpc) is 2.74. The fourth-order valence-corrected chi connectivity index (χ4v) is 1.60. The Hall–Kier alpha value is -1.49. The molecule has 2 heteroatoms. The lowest BCUT2D eigenvalue weighted by atomic mass is 9.78. The standard InChI is InChI=1S/C16H22O2/c1-12(16(3,4)5)15(18-13(2)17)11-10-14-8-6-7-9-14/h6-9,12,14-15H,1-5H3/t12-,15?/m0/s1. The van der Waals surface area contributed by atoms with E-state index in [1.807, 2.05) is 24.3 Å². The van der Waals surface area contributed by atoms with Crippen molar-refractivity contribution in [1.29, 1.82) is 0 Å². The van der Waals surface area contributed by atoms with E-state index in [1.54, 1.807) is 0 Å². The molecular weight excluding hydrogens is 224 g/mol. The van der Waals surface area contributed by atoms with Gasteiger partial charge in [0.2, 0.25) is 0 Å². The molecule has 0 saturated carbocycles. The summed E-state index contributed by atoms with van der Waals surface area (Å²) >= 11 is 0. The van der Waals surface area contributed by atoms with Gasteiger partial charge in [0.05, 0.1) is 5.92 Å². The number of ether oxygens (including phenoxy) is 1. The van der Waals surface area contributed by atoms with Crippen molar-refractivity contribution < 1.29 is 9.53 Å². The molecule has 0 N–H and O–H groups in total. The molecule has 0 heterocycles. The van der Waals surface area contributed by atoms with Crippen LogP contribution in [-0.4, -0.2) is 12.1 Å². The molecule has 0 aromatic heterocycles. The second-order valence-corrected chi connectivity index (χ2v) is 5.77. The van der Waals surface area contributed by atoms with E-state index in [0.29, 0.717) is 0 Å². The van der Waals surface area contributed by atoms with Crippen molar-refractivity contribution in [1.82, 2.24) is 0 Å². The van der Waals surface area contributed by atoms with Gasteiger partial charge in [-0.3, -0.25) is 4.79 Å². The lowest BCUT2D eigenvalue weighted by Crippen LogP contribution is -2.32. The largest absolute Gasteiger partial charge is 0.449 e. The van der Waals surface area contributed by atoms with E-state index in [1.165, 1.54) is 6.92 Å². The predicted octanol–water partition coefficient (Wildman–Crippen LogP) is 3.35. The molecule has 0 spiro atoms. The van der Waals surface area contributed by atoms with Crippen LogP contribution in [0.4, 0.5) is 0 Å². The zero-order valence-electron chi connectivity index (χ0n) is 11.9. The van der Waals surface area contributed by atoms with Crippen LogP contribution in [0, 0.1) is 29.1 Å². The number of allylic oxidation sites excluding steroid dienone is 4. The topological polar surface area (TPSA) is 26.3 Å². The second-order valence-electron chi connectivity index (χ2n) is 5.77. The normalized spacial score (nSPS) is 18.1. The van der Waals surface area contributed by atoms with Crippen molar-refractivity contribution >= 4 is 5.97 Å². The Kier molecular flexibility index (Phi) is 4.78. The fraction of sp³-hybridized carbons (Fsp3) is 0.562. The average molecular weight is 246 g/mol. The molecule has 18 heavy (non-hydrogen) atoms. The Morgan fingerprint density at radius 2 is 1.83 bits per heavy atom. The molecule has 1 aliphatic rings. The Balaban J connectivity index is 2.81. The van der Waals surface area contributed by atoms with Crippen LogP contribution in [0.3, 0.4) is 0 Å². The summed E-state index contributed by atoms with van der Waals surface area (Å²) in [6.45, 7) is 9.89. The van der Waals surface area contributed by atoms with Crippen LogP contribution in [0.5, 0.6) is 0 Å². The fourth-order valence-electron chi connectivity index (χ4n) is 1.60. The van der Waals surface area contributed by atoms with Gasteiger partial charge in [-0.2, -0.15) is 0 Å². The Morgan fingerprint density at radius 3 is 2.28 bits per heavy atom. The first-order valence-corrected chi connectivity index (χ1v) is 6.34. The van der Waals surface area contributed by atoms with Gasteiger partial charge in [-0.1, -0.05) is 63.8 Å². The summed E-state index contributed by atoms with van der Waals surface area (Å²) in [7, 11) is 0. The first-order valence-electron chi connectivity index (χ1n) is 6.34. The summed E-state index contributed by atoms with van der Waals surface area (Å²) in [5.41, 5.74) is 0.0517. The zero-order chi connectivity index (χ0) is 13.8. The first-order chi connectivity index (χ1) is 8.30. The van der Waals surface area contributed by atoms with E-state index in [0.717, 1.165) is 0 Å². The van der Waals surface area contributed by atoms with E-state index in [9.17, 15) is 4.79 Å². The summed E-state index contributed by atoms with van der Waals surface area (Å²) in [6, 6.07) is 0. The monoisotopic (exact) mass is 246 g/mol. The van der Waals surface area contributed by atoms with Crippen molar-refractivity contribution in [2.75, 3.05) is 0 Å². The van der Waals surface area contributed by atoms with Crippen LogP contribution in [0.15, 0.2) is 24.3 Å². The van der Waals surface area contributed by atoms with Crippen molar-refractivity contribution in [3.63, 3.8) is 0 Å². The number of esters is 1. The van der Waals surface area contributed by atoms with Crippen LogP contribution in [0.2, 0.25) is 0 Å². The van der Waals surface area contributed by atoms with Gasteiger partial charge < -0.3 is 4.74 Å². The molecule has 1 aliphatic carbocycles. The highest BCUT2D eigenvalue weighted by molar-refractivity contribution is 5.66. The van der Waals surface area contributed by atoms with Crippen LogP contribution < -0.4 is 0 Å². The minimum atomic E-state index is -0.343. The van der Waals surface area contributed by atoms with Crippen LogP contribution in [0.25, 0.3) is 0 Å². The van der Waals surface area contributed by atoms with Crippen LogP contribution in [-0.2, 0) is 9.53 Å². The molecule has 0 saturated heterocycles. The van der Waals surface area contributed by atoms with Crippen molar-refractivity contribution in [3.05, 3.63) is 24.3 Å². The third-order valence-corrected chi connectivity index (χ3v) is 3.25. The Morgan fingerprint density at radius 1 is 1.28 bits per heavy atom. The maximum atomic E-state index is 11.2. The van der Waals surface area contributed by atoms with E-state index in [4.69, 9.17) is 4.74 Å². The molecule has 2 nitrogen and oxygen atoms in total. The molecule has 0 amide bonds. The van der Waals surface area contributed by atoms with Gasteiger partial charge in [0.15, 0.2) is 6.10 Å². The second kappa shape index (κ2) is 5.91. The maximum Gasteiger partial charge on any atom is 0.303 e. The molecule has 1 rings (SSSR count). The van der Waals surface area contributed by atoms with Gasteiger partial charge in [0, 0.05) is 12.8 Å². The lowest BCUT2D eigenvalue weighted by Gasteiger charge is -2.31. The maximum absolute atomic E-state index is 11.2. The van der Waals surface area contributed by atoms with Gasteiger partial charge in [-0.25, -0.2) is 0 Å². The summed E-state index contributed by atoms with van der Waals surface area (Å²) in [6.07, 6.45) is 7.67. The molecule has 0 bridgehead atoms. The lowest BCUT2D eigenvalue weighted by molar-refractivity contribution is -0.147. The molecule has 0 fully saturated rings. The predicted molar refractivity (Wildman–Crippen MR) is 73.7 cm³/mol. The highest BCUT2D eigenvalue weighted by Gasteiger charge is 2.29. The van der Waals surface area contributed by atoms with E-state index in [-0.39, 0.29) is 29.3 Å². The SMILES string of the molecule is CC(=O)OC(C#CC1C=CC=C1)[C@H](C)C(C)(C)C. The van der Waals surface area contributed by atoms with Crippen molar-refractivity contribution in [3.8, 4) is 11.8 Å². The minimum Gasteiger partial charge on any atom is -0.449 e. The molecule has 0 radical (unpaired) electrons. The number of carbonyl (C=O) groups excluding carboxylic acids is 1. The minimum absolute atomic E-state index is 0.0517. The molecular formula is C16H22O2. The summed E-state index contributed by atoms with van der Waals surface area (Å²) in [5, 5.41) is 0. The number of hydrogen-bond donors (Lipinski definition) is 0. The van der Waals surface area contributed by atoms with Gasteiger partial charge in [-0.05, 0) is 5.41 Å². The van der Waals surface area contributed by atoms with Gasteiger partial charge in [0.25, 0.3) is 0 Å². The zero-order valence-corrected chi connectivity index (χ0v) is 11.9. The summed E-state index contributed by atoms with van der Waals surface area (Å²) in [5.74, 6) is 6.30. The van der Waals surface area contributed by atoms with Crippen LogP contribution >= 0.6 is 0 Å². The molecule has 2 atom stereocenters. The van der Waals surface area contributed by atoms with E-state index >= 15 is 0 Å². The quantitative estimate of drug-likeness (QED) is 0.551. The highest BCUT2D eigenvalue weighted by atomic mass is 16.5. The molecule has 98 valence electrons. The van der Waals surface area contributed by atoms with E-state index in [2.05, 4.69) is 39.5 Å². The Bertz CT molecular complexity index is 401. The smallest absolute Gasteiger partial charge is 0.303 e. The van der Waals surface area contributed by atoms with Gasteiger partial charge in [0.1, 0.15) is 0 Å². The highest BCUT2D eigenvalue weighted by Crippen LogP contribution is 2.29. The molecule has 0 aromatic carbocycles. The van der Waals surface area contributed by atoms with Gasteiger partial charge in [-0.15, -0.1) is 0 Å². The third-order valence-electron chi connectivity index (χ3n) is 3.25. The number of hydrogen-bond acceptors (Lipinski definition) is 2. The van der Waals surface area contributed by atoms with Crippen molar-refractivity contribution in [2.45, 2.75) is 40.7 Å². The summed E-state index contributed by atoms with van der Waals surface area (Å²) in [4.78, 5) is 11.2. The Labute approximate surface area is 110 Å². The number of rotatable bonds is 2. The van der Waals surface area contributed by atoms with Crippen molar-refractivity contribution in [2.24, 2.45) is 17.3 Å². The molecule has 0 aromatic rings. The third kappa shape index (κ3) is 4.41.